The van der Waals surface area contributed by atoms with Crippen molar-refractivity contribution in [3.63, 3.8) is 0 Å². The molecule has 0 spiro atoms. The van der Waals surface area contributed by atoms with Gasteiger partial charge in [0, 0.05) is 41.4 Å². The number of hydrogen-bond donors (Lipinski definition) is 2. The molecular formula is C25H23F3N4O4S. The first kappa shape index (κ1) is 26.1. The van der Waals surface area contributed by atoms with Gasteiger partial charge in [0.05, 0.1) is 19.1 Å². The summed E-state index contributed by atoms with van der Waals surface area (Å²) < 4.78 is 42.1. The highest BCUT2D eigenvalue weighted by atomic mass is 32.2. The molecule has 1 aliphatic heterocycles. The van der Waals surface area contributed by atoms with Crippen LogP contribution in [0.2, 0.25) is 0 Å². The van der Waals surface area contributed by atoms with Gasteiger partial charge in [-0.1, -0.05) is 24.3 Å². The first-order valence-corrected chi connectivity index (χ1v) is 12.4. The second kappa shape index (κ2) is 11.4. The molecule has 2 heterocycles. The quantitative estimate of drug-likeness (QED) is 0.474. The molecule has 0 atom stereocenters. The number of halogens is 3. The summed E-state index contributed by atoms with van der Waals surface area (Å²) in [5.41, 5.74) is 6.34. The molecule has 4 rings (SSSR count). The molecular weight excluding hydrogens is 509 g/mol. The lowest BCUT2D eigenvalue weighted by Gasteiger charge is -2.33. The highest BCUT2D eigenvalue weighted by molar-refractivity contribution is 7.99. The highest BCUT2D eigenvalue weighted by Gasteiger charge is 2.39. The van der Waals surface area contributed by atoms with E-state index < -0.39 is 18.0 Å². The number of rotatable bonds is 5. The molecule has 2 N–H and O–H groups in total. The van der Waals surface area contributed by atoms with Gasteiger partial charge in [-0.05, 0) is 41.5 Å². The molecule has 194 valence electrons. The zero-order chi connectivity index (χ0) is 26.4. The zero-order valence-corrected chi connectivity index (χ0v) is 20.3. The number of thioether (sulfide) groups is 1. The van der Waals surface area contributed by atoms with E-state index >= 15 is 0 Å². The predicted molar refractivity (Wildman–Crippen MR) is 133 cm³/mol. The van der Waals surface area contributed by atoms with Crippen LogP contribution >= 0.6 is 11.8 Å². The van der Waals surface area contributed by atoms with Gasteiger partial charge in [0.25, 0.3) is 5.91 Å². The van der Waals surface area contributed by atoms with Crippen molar-refractivity contribution in [2.24, 2.45) is 0 Å². The van der Waals surface area contributed by atoms with Gasteiger partial charge < -0.3 is 9.32 Å². The van der Waals surface area contributed by atoms with Crippen LogP contribution in [0.15, 0.2) is 71.5 Å². The third kappa shape index (κ3) is 6.64. The van der Waals surface area contributed by atoms with E-state index in [1.165, 1.54) is 17.6 Å². The first-order chi connectivity index (χ1) is 17.7. The number of nitrogens with zero attached hydrogens (tertiary/aromatic N) is 2. The van der Waals surface area contributed by atoms with Crippen molar-refractivity contribution < 1.29 is 32.0 Å². The van der Waals surface area contributed by atoms with Crippen LogP contribution in [-0.4, -0.2) is 53.5 Å². The summed E-state index contributed by atoms with van der Waals surface area (Å²) >= 11 is 1.79. The number of carbonyl (C=O) groups is 3. The molecule has 0 aliphatic carbocycles. The fourth-order valence-corrected chi connectivity index (χ4v) is 4.56. The fraction of sp³-hybridized carbons (Fsp3) is 0.240. The highest BCUT2D eigenvalue weighted by Crippen LogP contribution is 2.26. The molecule has 0 unspecified atom stereocenters. The molecule has 0 radical (unpaired) electrons. The van der Waals surface area contributed by atoms with E-state index in [0.29, 0.717) is 24.3 Å². The Kier molecular flexibility index (Phi) is 8.07. The number of furan rings is 1. The molecule has 1 aromatic heterocycles. The van der Waals surface area contributed by atoms with Crippen LogP contribution in [0.5, 0.6) is 0 Å². The Morgan fingerprint density at radius 2 is 1.59 bits per heavy atom. The number of anilines is 1. The molecule has 3 aromatic rings. The molecule has 1 aliphatic rings. The van der Waals surface area contributed by atoms with Gasteiger partial charge in [0.1, 0.15) is 0 Å². The maximum Gasteiger partial charge on any atom is 0.472 e. The number of hydrazine groups is 1. The molecule has 0 bridgehead atoms. The summed E-state index contributed by atoms with van der Waals surface area (Å²) in [6, 6.07) is 15.2. The topological polar surface area (TPSA) is 94.9 Å². The van der Waals surface area contributed by atoms with Crippen LogP contribution < -0.4 is 15.8 Å². The lowest BCUT2D eigenvalue weighted by Crippen LogP contribution is -2.47. The Morgan fingerprint density at radius 3 is 2.19 bits per heavy atom. The number of carbonyl (C=O) groups excluding carboxylic acids is 3. The monoisotopic (exact) mass is 532 g/mol. The minimum atomic E-state index is -5.11. The summed E-state index contributed by atoms with van der Waals surface area (Å²) in [6.07, 6.45) is -1.89. The van der Waals surface area contributed by atoms with Crippen molar-refractivity contribution in [2.75, 3.05) is 29.5 Å². The van der Waals surface area contributed by atoms with Crippen molar-refractivity contribution in [1.82, 2.24) is 15.8 Å². The maximum absolute atomic E-state index is 13.5. The van der Waals surface area contributed by atoms with E-state index in [4.69, 9.17) is 4.42 Å². The number of hydrogen-bond acceptors (Lipinski definition) is 5. The standard InChI is InChI=1S/C25H23F3N4O4S/c26-25(27,28)23(34)30-29-22(33)19-3-1-17(2-4-19)15-32(24(35)31-10-13-37-14-11-31)21-7-5-18(6-8-21)20-9-12-36-16-20/h1-9,12,16H,10-11,13-15H2,(H,29,33)(H,30,34). The zero-order valence-electron chi connectivity index (χ0n) is 19.5. The predicted octanol–water partition coefficient (Wildman–Crippen LogP) is 4.45. The van der Waals surface area contributed by atoms with Crippen LogP contribution in [0.4, 0.5) is 23.7 Å². The normalized spacial score (nSPS) is 13.6. The molecule has 1 saturated heterocycles. The third-order valence-corrected chi connectivity index (χ3v) is 6.59. The van der Waals surface area contributed by atoms with Crippen LogP contribution in [0, 0.1) is 0 Å². The van der Waals surface area contributed by atoms with Gasteiger partial charge >= 0.3 is 18.1 Å². The summed E-state index contributed by atoms with van der Waals surface area (Å²) in [5, 5.41) is 0. The first-order valence-electron chi connectivity index (χ1n) is 11.3. The van der Waals surface area contributed by atoms with Gasteiger partial charge in [-0.25, -0.2) is 4.79 Å². The van der Waals surface area contributed by atoms with Crippen molar-refractivity contribution in [3.05, 3.63) is 78.3 Å². The number of urea groups is 1. The van der Waals surface area contributed by atoms with Gasteiger partial charge in [-0.3, -0.25) is 25.3 Å². The second-order valence-electron chi connectivity index (χ2n) is 8.13. The Balaban J connectivity index is 1.49. The Labute approximate surface area is 214 Å². The number of benzene rings is 2. The van der Waals surface area contributed by atoms with E-state index in [-0.39, 0.29) is 18.1 Å². The fourth-order valence-electron chi connectivity index (χ4n) is 3.66. The van der Waals surface area contributed by atoms with Crippen molar-refractivity contribution >= 4 is 35.3 Å². The molecule has 2 aromatic carbocycles. The largest absolute Gasteiger partial charge is 0.472 e. The summed E-state index contributed by atoms with van der Waals surface area (Å²) in [5.74, 6) is -1.47. The minimum absolute atomic E-state index is 0.0432. The van der Waals surface area contributed by atoms with E-state index in [1.807, 2.05) is 30.3 Å². The lowest BCUT2D eigenvalue weighted by molar-refractivity contribution is -0.174. The average molecular weight is 533 g/mol. The average Bonchev–Trinajstić information content (AvgIpc) is 3.45. The van der Waals surface area contributed by atoms with Gasteiger partial charge in [0.15, 0.2) is 0 Å². The summed E-state index contributed by atoms with van der Waals surface area (Å²) in [6.45, 7) is 1.48. The molecule has 37 heavy (non-hydrogen) atoms. The van der Waals surface area contributed by atoms with Crippen molar-refractivity contribution in [2.45, 2.75) is 12.7 Å². The van der Waals surface area contributed by atoms with Gasteiger partial charge in [-0.2, -0.15) is 24.9 Å². The van der Waals surface area contributed by atoms with E-state index in [2.05, 4.69) is 0 Å². The lowest BCUT2D eigenvalue weighted by atomic mass is 10.1. The molecule has 1 fully saturated rings. The SMILES string of the molecule is O=C(NNC(=O)C(F)(F)F)c1ccc(CN(C(=O)N2CCSCC2)c2ccc(-c3ccoc3)cc2)cc1. The Hall–Kier alpha value is -3.93. The maximum atomic E-state index is 13.5. The number of nitrogens with one attached hydrogen (secondary N) is 2. The minimum Gasteiger partial charge on any atom is -0.472 e. The smallest absolute Gasteiger partial charge is 0.472 e. The molecule has 4 amide bonds. The van der Waals surface area contributed by atoms with E-state index in [9.17, 15) is 27.6 Å². The van der Waals surface area contributed by atoms with Gasteiger partial charge in [0.2, 0.25) is 0 Å². The Morgan fingerprint density at radius 1 is 0.919 bits per heavy atom. The van der Waals surface area contributed by atoms with Crippen LogP contribution in [0.25, 0.3) is 11.1 Å². The van der Waals surface area contributed by atoms with Crippen LogP contribution in [-0.2, 0) is 11.3 Å². The van der Waals surface area contributed by atoms with E-state index in [1.54, 1.807) is 51.6 Å². The van der Waals surface area contributed by atoms with Crippen molar-refractivity contribution in [3.8, 4) is 11.1 Å². The third-order valence-electron chi connectivity index (χ3n) is 5.65. The number of alkyl halides is 3. The molecule has 8 nitrogen and oxygen atoms in total. The van der Waals surface area contributed by atoms with Crippen molar-refractivity contribution in [1.29, 1.82) is 0 Å². The summed E-state index contributed by atoms with van der Waals surface area (Å²) in [4.78, 5) is 39.9. The van der Waals surface area contributed by atoms with Crippen LogP contribution in [0.3, 0.4) is 0 Å². The summed E-state index contributed by atoms with van der Waals surface area (Å²) in [7, 11) is 0. The van der Waals surface area contributed by atoms with Crippen LogP contribution in [0.1, 0.15) is 15.9 Å². The second-order valence-corrected chi connectivity index (χ2v) is 9.35. The van der Waals surface area contributed by atoms with E-state index in [0.717, 1.165) is 22.6 Å². The van der Waals surface area contributed by atoms with Gasteiger partial charge in [-0.15, -0.1) is 0 Å². The number of amides is 4. The Bertz CT molecular complexity index is 1230. The molecule has 12 heteroatoms. The molecule has 0 saturated carbocycles.